The molecule has 0 aliphatic carbocycles. The van der Waals surface area contributed by atoms with Gasteiger partial charge in [0, 0.05) is 12.6 Å². The van der Waals surface area contributed by atoms with E-state index in [1.165, 1.54) is 0 Å². The van der Waals surface area contributed by atoms with E-state index in [1.807, 2.05) is 11.9 Å². The number of likely N-dealkylation sites (tertiary alicyclic amines) is 1. The monoisotopic (exact) mass is 172 g/mol. The molecule has 1 N–H and O–H groups in total. The molecule has 1 aliphatic heterocycles. The van der Waals surface area contributed by atoms with Crippen molar-refractivity contribution in [3.05, 3.63) is 0 Å². The predicted molar refractivity (Wildman–Crippen MR) is 46.2 cm³/mol. The van der Waals surface area contributed by atoms with Gasteiger partial charge in [-0.2, -0.15) is 0 Å². The number of nitrogens with zero attached hydrogens (tertiary/aromatic N) is 2. The van der Waals surface area contributed by atoms with Gasteiger partial charge in [-0.1, -0.05) is 0 Å². The molecular formula is C8H16N2O2. The molecule has 12 heavy (non-hydrogen) atoms. The predicted octanol–water partition coefficient (Wildman–Crippen LogP) is -0.293. The van der Waals surface area contributed by atoms with Crippen LogP contribution in [0.15, 0.2) is 0 Å². The average molecular weight is 172 g/mol. The smallest absolute Gasteiger partial charge is 0.317 e. The molecule has 0 aromatic heterocycles. The fourth-order valence-electron chi connectivity index (χ4n) is 1.61. The van der Waals surface area contributed by atoms with Crippen LogP contribution < -0.4 is 0 Å². The molecule has 0 bridgehead atoms. The van der Waals surface area contributed by atoms with Crippen LogP contribution in [0.5, 0.6) is 0 Å². The van der Waals surface area contributed by atoms with Crippen LogP contribution in [0.2, 0.25) is 0 Å². The maximum absolute atomic E-state index is 10.4. The summed E-state index contributed by atoms with van der Waals surface area (Å²) in [6.07, 6.45) is 1.08. The Hall–Kier alpha value is -0.610. The second-order valence-electron chi connectivity index (χ2n) is 3.51. The molecule has 1 fully saturated rings. The van der Waals surface area contributed by atoms with Gasteiger partial charge in [-0.05, 0) is 27.1 Å². The molecule has 1 aliphatic rings. The van der Waals surface area contributed by atoms with E-state index in [4.69, 9.17) is 5.11 Å². The molecular weight excluding hydrogens is 156 g/mol. The second-order valence-corrected chi connectivity index (χ2v) is 3.51. The van der Waals surface area contributed by atoms with Crippen LogP contribution in [-0.2, 0) is 4.79 Å². The normalized spacial score (nSPS) is 25.1. The molecule has 1 unspecified atom stereocenters. The lowest BCUT2D eigenvalue weighted by Gasteiger charge is -2.21. The van der Waals surface area contributed by atoms with E-state index in [0.717, 1.165) is 19.5 Å². The lowest BCUT2D eigenvalue weighted by Crippen LogP contribution is -2.37. The highest BCUT2D eigenvalue weighted by Gasteiger charge is 2.23. The summed E-state index contributed by atoms with van der Waals surface area (Å²) >= 11 is 0. The first-order valence-corrected chi connectivity index (χ1v) is 4.20. The molecule has 1 heterocycles. The van der Waals surface area contributed by atoms with Crippen molar-refractivity contribution < 1.29 is 9.90 Å². The van der Waals surface area contributed by atoms with Crippen molar-refractivity contribution in [2.24, 2.45) is 0 Å². The molecule has 70 valence electrons. The quantitative estimate of drug-likeness (QED) is 0.635. The van der Waals surface area contributed by atoms with Crippen molar-refractivity contribution in [2.75, 3.05) is 33.7 Å². The summed E-state index contributed by atoms with van der Waals surface area (Å²) in [5.74, 6) is -0.743. The lowest BCUT2D eigenvalue weighted by atomic mass is 10.2. The Kier molecular flexibility index (Phi) is 3.05. The molecule has 4 heteroatoms. The number of rotatable bonds is 3. The Labute approximate surface area is 72.8 Å². The maximum Gasteiger partial charge on any atom is 0.317 e. The summed E-state index contributed by atoms with van der Waals surface area (Å²) in [7, 11) is 3.94. The zero-order valence-corrected chi connectivity index (χ0v) is 7.66. The first-order chi connectivity index (χ1) is 5.59. The van der Waals surface area contributed by atoms with Gasteiger partial charge in [0.1, 0.15) is 0 Å². The van der Waals surface area contributed by atoms with Gasteiger partial charge in [0.2, 0.25) is 0 Å². The van der Waals surface area contributed by atoms with E-state index in [9.17, 15) is 4.79 Å². The molecule has 0 amide bonds. The summed E-state index contributed by atoms with van der Waals surface area (Å²) in [6.45, 7) is 2.22. The van der Waals surface area contributed by atoms with Gasteiger partial charge in [0.05, 0.1) is 6.54 Å². The topological polar surface area (TPSA) is 43.8 Å². The van der Waals surface area contributed by atoms with Crippen LogP contribution in [0, 0.1) is 0 Å². The Bertz CT molecular complexity index is 172. The number of likely N-dealkylation sites (N-methyl/N-ethyl adjacent to an activating group) is 2. The first kappa shape index (κ1) is 9.48. The second kappa shape index (κ2) is 3.87. The minimum absolute atomic E-state index is 0.151. The van der Waals surface area contributed by atoms with Gasteiger partial charge < -0.3 is 10.0 Å². The molecule has 0 saturated carbocycles. The number of hydrogen-bond acceptors (Lipinski definition) is 3. The summed E-state index contributed by atoms with van der Waals surface area (Å²) < 4.78 is 0. The Morgan fingerprint density at radius 1 is 1.75 bits per heavy atom. The van der Waals surface area contributed by atoms with E-state index in [1.54, 1.807) is 0 Å². The SMILES string of the molecule is CN1CCC(N(C)CC(=O)O)C1. The number of carboxylic acid groups (broad SMARTS) is 1. The Morgan fingerprint density at radius 3 is 2.83 bits per heavy atom. The van der Waals surface area contributed by atoms with Crippen molar-refractivity contribution in [3.8, 4) is 0 Å². The van der Waals surface area contributed by atoms with Crippen molar-refractivity contribution >= 4 is 5.97 Å². The third-order valence-electron chi connectivity index (χ3n) is 2.37. The van der Waals surface area contributed by atoms with Crippen molar-refractivity contribution in [1.82, 2.24) is 9.80 Å². The maximum atomic E-state index is 10.4. The number of hydrogen-bond donors (Lipinski definition) is 1. The third-order valence-corrected chi connectivity index (χ3v) is 2.37. The van der Waals surface area contributed by atoms with Gasteiger partial charge in [0.25, 0.3) is 0 Å². The lowest BCUT2D eigenvalue weighted by molar-refractivity contribution is -0.138. The van der Waals surface area contributed by atoms with Gasteiger partial charge in [-0.15, -0.1) is 0 Å². The van der Waals surface area contributed by atoms with E-state index in [0.29, 0.717) is 6.04 Å². The largest absolute Gasteiger partial charge is 0.480 e. The van der Waals surface area contributed by atoms with Crippen LogP contribution in [0.1, 0.15) is 6.42 Å². The molecule has 0 aromatic carbocycles. The summed E-state index contributed by atoms with van der Waals surface area (Å²) in [6, 6.07) is 0.422. The average Bonchev–Trinajstić information content (AvgIpc) is 2.34. The van der Waals surface area contributed by atoms with Gasteiger partial charge in [-0.25, -0.2) is 0 Å². The highest BCUT2D eigenvalue weighted by molar-refractivity contribution is 5.69. The van der Waals surface area contributed by atoms with Crippen molar-refractivity contribution in [1.29, 1.82) is 0 Å². The molecule has 1 atom stereocenters. The zero-order valence-electron chi connectivity index (χ0n) is 7.66. The zero-order chi connectivity index (χ0) is 9.14. The molecule has 1 saturated heterocycles. The summed E-state index contributed by atoms with van der Waals surface area (Å²) in [5.41, 5.74) is 0. The Morgan fingerprint density at radius 2 is 2.42 bits per heavy atom. The van der Waals surface area contributed by atoms with E-state index in [-0.39, 0.29) is 6.54 Å². The molecule has 0 aromatic rings. The minimum atomic E-state index is -0.743. The van der Waals surface area contributed by atoms with Gasteiger partial charge in [-0.3, -0.25) is 9.69 Å². The van der Waals surface area contributed by atoms with E-state index < -0.39 is 5.97 Å². The van der Waals surface area contributed by atoms with Crippen LogP contribution in [-0.4, -0.2) is 60.6 Å². The van der Waals surface area contributed by atoms with Crippen LogP contribution in [0.25, 0.3) is 0 Å². The van der Waals surface area contributed by atoms with Crippen molar-refractivity contribution in [3.63, 3.8) is 0 Å². The first-order valence-electron chi connectivity index (χ1n) is 4.20. The number of carbonyl (C=O) groups is 1. The fraction of sp³-hybridized carbons (Fsp3) is 0.875. The molecule has 0 spiro atoms. The molecule has 4 nitrogen and oxygen atoms in total. The minimum Gasteiger partial charge on any atom is -0.480 e. The number of carboxylic acids is 1. The highest BCUT2D eigenvalue weighted by atomic mass is 16.4. The van der Waals surface area contributed by atoms with Crippen LogP contribution in [0.3, 0.4) is 0 Å². The Balaban J connectivity index is 2.32. The number of aliphatic carboxylic acids is 1. The van der Waals surface area contributed by atoms with E-state index in [2.05, 4.69) is 11.9 Å². The van der Waals surface area contributed by atoms with Gasteiger partial charge >= 0.3 is 5.97 Å². The summed E-state index contributed by atoms with van der Waals surface area (Å²) in [4.78, 5) is 14.5. The standard InChI is InChI=1S/C8H16N2O2/c1-9-4-3-7(5-9)10(2)6-8(11)12/h7H,3-6H2,1-2H3,(H,11,12). The van der Waals surface area contributed by atoms with Crippen molar-refractivity contribution in [2.45, 2.75) is 12.5 Å². The van der Waals surface area contributed by atoms with Gasteiger partial charge in [0.15, 0.2) is 0 Å². The molecule has 1 rings (SSSR count). The highest BCUT2D eigenvalue weighted by Crippen LogP contribution is 2.11. The third kappa shape index (κ3) is 2.46. The molecule has 0 radical (unpaired) electrons. The fourth-order valence-corrected chi connectivity index (χ4v) is 1.61. The summed E-state index contributed by atoms with van der Waals surface area (Å²) in [5, 5.41) is 8.55. The van der Waals surface area contributed by atoms with Crippen LogP contribution >= 0.6 is 0 Å². The van der Waals surface area contributed by atoms with E-state index >= 15 is 0 Å². The van der Waals surface area contributed by atoms with Crippen LogP contribution in [0.4, 0.5) is 0 Å².